The van der Waals surface area contributed by atoms with Crippen LogP contribution >= 0.6 is 0 Å². The molecule has 1 N–H and O–H groups in total. The lowest BCUT2D eigenvalue weighted by atomic mass is 9.95. The molecule has 1 fully saturated rings. The minimum Gasteiger partial charge on any atom is -0.481 e. The van der Waals surface area contributed by atoms with Crippen molar-refractivity contribution in [1.82, 2.24) is 4.90 Å². The molecular formula is C12H12N2O5. The van der Waals surface area contributed by atoms with Gasteiger partial charge in [-0.15, -0.1) is 0 Å². The lowest BCUT2D eigenvalue weighted by molar-refractivity contribution is -0.384. The molecule has 0 unspecified atom stereocenters. The molecule has 0 aliphatic carbocycles. The maximum Gasteiger partial charge on any atom is 0.303 e. The van der Waals surface area contributed by atoms with Gasteiger partial charge in [0.15, 0.2) is 0 Å². The van der Waals surface area contributed by atoms with E-state index in [1.165, 1.54) is 29.2 Å². The Morgan fingerprint density at radius 2 is 2.11 bits per heavy atom. The highest BCUT2D eigenvalue weighted by Gasteiger charge is 2.32. The van der Waals surface area contributed by atoms with E-state index in [1.54, 1.807) is 0 Å². The van der Waals surface area contributed by atoms with E-state index in [1.807, 2.05) is 0 Å². The van der Waals surface area contributed by atoms with Crippen molar-refractivity contribution in [3.8, 4) is 0 Å². The predicted octanol–water partition coefficient (Wildman–Crippen LogP) is 1.14. The van der Waals surface area contributed by atoms with Gasteiger partial charge in [0, 0.05) is 36.7 Å². The molecule has 0 saturated carbocycles. The van der Waals surface area contributed by atoms with Crippen LogP contribution in [0.5, 0.6) is 0 Å². The zero-order valence-electron chi connectivity index (χ0n) is 9.98. The van der Waals surface area contributed by atoms with E-state index < -0.39 is 10.9 Å². The Morgan fingerprint density at radius 3 is 2.68 bits per heavy atom. The summed E-state index contributed by atoms with van der Waals surface area (Å²) in [6, 6.07) is 5.52. The van der Waals surface area contributed by atoms with Crippen molar-refractivity contribution in [3.05, 3.63) is 39.9 Å². The largest absolute Gasteiger partial charge is 0.481 e. The molecule has 0 atom stereocenters. The van der Waals surface area contributed by atoms with Crippen LogP contribution in [0.4, 0.5) is 5.69 Å². The molecule has 2 rings (SSSR count). The maximum atomic E-state index is 12.0. The SMILES string of the molecule is O=C(O)CC1CN(C(=O)c2cccc([N+](=O)[O-])c2)C1. The number of amides is 1. The van der Waals surface area contributed by atoms with Crippen LogP contribution in [0.1, 0.15) is 16.8 Å². The maximum absolute atomic E-state index is 12.0. The number of carboxylic acids is 1. The second kappa shape index (κ2) is 5.05. The molecule has 1 aliphatic rings. The third kappa shape index (κ3) is 2.87. The number of carboxylic acid groups (broad SMARTS) is 1. The van der Waals surface area contributed by atoms with E-state index in [0.717, 1.165) is 0 Å². The number of hydrogen-bond acceptors (Lipinski definition) is 4. The molecule has 0 spiro atoms. The van der Waals surface area contributed by atoms with Crippen LogP contribution in [0.15, 0.2) is 24.3 Å². The number of aliphatic carboxylic acids is 1. The predicted molar refractivity (Wildman–Crippen MR) is 64.7 cm³/mol. The Balaban J connectivity index is 2.00. The molecule has 1 heterocycles. The average molecular weight is 264 g/mol. The lowest BCUT2D eigenvalue weighted by Gasteiger charge is -2.38. The van der Waals surface area contributed by atoms with Crippen LogP contribution in [0.2, 0.25) is 0 Å². The number of rotatable bonds is 4. The van der Waals surface area contributed by atoms with Crippen molar-refractivity contribution in [3.63, 3.8) is 0 Å². The van der Waals surface area contributed by atoms with Crippen LogP contribution in [0.25, 0.3) is 0 Å². The summed E-state index contributed by atoms with van der Waals surface area (Å²) in [7, 11) is 0. The van der Waals surface area contributed by atoms with E-state index in [4.69, 9.17) is 5.11 Å². The first kappa shape index (κ1) is 13.0. The normalized spacial score (nSPS) is 14.8. The molecule has 0 aromatic heterocycles. The molecule has 19 heavy (non-hydrogen) atoms. The highest BCUT2D eigenvalue weighted by Crippen LogP contribution is 2.23. The third-order valence-electron chi connectivity index (χ3n) is 3.01. The van der Waals surface area contributed by atoms with Crippen molar-refractivity contribution in [2.24, 2.45) is 5.92 Å². The van der Waals surface area contributed by atoms with Gasteiger partial charge in [0.25, 0.3) is 11.6 Å². The zero-order chi connectivity index (χ0) is 14.0. The van der Waals surface area contributed by atoms with Crippen LogP contribution in [-0.2, 0) is 4.79 Å². The van der Waals surface area contributed by atoms with Crippen LogP contribution in [0, 0.1) is 16.0 Å². The van der Waals surface area contributed by atoms with E-state index in [0.29, 0.717) is 13.1 Å². The number of non-ortho nitro benzene ring substituents is 1. The lowest BCUT2D eigenvalue weighted by Crippen LogP contribution is -2.50. The minimum absolute atomic E-state index is 0.0276. The van der Waals surface area contributed by atoms with Gasteiger partial charge < -0.3 is 10.0 Å². The number of nitro benzene ring substituents is 1. The van der Waals surface area contributed by atoms with Gasteiger partial charge in [-0.25, -0.2) is 0 Å². The van der Waals surface area contributed by atoms with Crippen molar-refractivity contribution in [2.45, 2.75) is 6.42 Å². The number of nitro groups is 1. The first-order chi connectivity index (χ1) is 8.97. The van der Waals surface area contributed by atoms with Gasteiger partial charge in [-0.3, -0.25) is 19.7 Å². The monoisotopic (exact) mass is 264 g/mol. The molecule has 7 nitrogen and oxygen atoms in total. The first-order valence-electron chi connectivity index (χ1n) is 5.73. The zero-order valence-corrected chi connectivity index (χ0v) is 9.98. The summed E-state index contributed by atoms with van der Waals surface area (Å²) in [6.07, 6.45) is 0.0404. The molecule has 1 saturated heterocycles. The number of hydrogen-bond donors (Lipinski definition) is 1. The number of benzene rings is 1. The summed E-state index contributed by atoms with van der Waals surface area (Å²) in [5.74, 6) is -1.21. The quantitative estimate of drug-likeness (QED) is 0.649. The Hall–Kier alpha value is -2.44. The second-order valence-electron chi connectivity index (χ2n) is 4.48. The van der Waals surface area contributed by atoms with Crippen LogP contribution < -0.4 is 0 Å². The number of carbonyl (C=O) groups excluding carboxylic acids is 1. The summed E-state index contributed by atoms with van der Waals surface area (Å²) in [5, 5.41) is 19.2. The molecule has 1 amide bonds. The molecule has 0 radical (unpaired) electrons. The van der Waals surface area contributed by atoms with E-state index >= 15 is 0 Å². The minimum atomic E-state index is -0.882. The van der Waals surface area contributed by atoms with Gasteiger partial charge in [0.05, 0.1) is 11.3 Å². The molecule has 0 bridgehead atoms. The fourth-order valence-electron chi connectivity index (χ4n) is 2.05. The topological polar surface area (TPSA) is 101 Å². The number of likely N-dealkylation sites (tertiary alicyclic amines) is 1. The van der Waals surface area contributed by atoms with Crippen LogP contribution in [-0.4, -0.2) is 39.9 Å². The van der Waals surface area contributed by atoms with Crippen molar-refractivity contribution < 1.29 is 19.6 Å². The fourth-order valence-corrected chi connectivity index (χ4v) is 2.05. The Kier molecular flexibility index (Phi) is 3.46. The van der Waals surface area contributed by atoms with Gasteiger partial charge >= 0.3 is 5.97 Å². The molecule has 1 aromatic carbocycles. The Labute approximate surface area is 108 Å². The summed E-state index contributed by atoms with van der Waals surface area (Å²) >= 11 is 0. The molecule has 1 aromatic rings. The summed E-state index contributed by atoms with van der Waals surface area (Å²) in [5.41, 5.74) is 0.122. The summed E-state index contributed by atoms with van der Waals surface area (Å²) in [4.78, 5) is 34.0. The summed E-state index contributed by atoms with van der Waals surface area (Å²) in [6.45, 7) is 0.766. The number of carbonyl (C=O) groups is 2. The Morgan fingerprint density at radius 1 is 1.42 bits per heavy atom. The van der Waals surface area contributed by atoms with Gasteiger partial charge in [-0.05, 0) is 6.07 Å². The second-order valence-corrected chi connectivity index (χ2v) is 4.48. The van der Waals surface area contributed by atoms with E-state index in [2.05, 4.69) is 0 Å². The van der Waals surface area contributed by atoms with E-state index in [-0.39, 0.29) is 29.5 Å². The first-order valence-corrected chi connectivity index (χ1v) is 5.73. The van der Waals surface area contributed by atoms with Crippen molar-refractivity contribution in [2.75, 3.05) is 13.1 Å². The third-order valence-corrected chi connectivity index (χ3v) is 3.01. The fraction of sp³-hybridized carbons (Fsp3) is 0.333. The molecule has 100 valence electrons. The van der Waals surface area contributed by atoms with Crippen LogP contribution in [0.3, 0.4) is 0 Å². The van der Waals surface area contributed by atoms with Gasteiger partial charge in [-0.2, -0.15) is 0 Å². The van der Waals surface area contributed by atoms with Crippen molar-refractivity contribution in [1.29, 1.82) is 0 Å². The van der Waals surface area contributed by atoms with E-state index in [9.17, 15) is 19.7 Å². The standard InChI is InChI=1S/C12H12N2O5/c15-11(16)4-8-6-13(7-8)12(17)9-2-1-3-10(5-9)14(18)19/h1-3,5,8H,4,6-7H2,(H,15,16). The Bertz CT molecular complexity index is 537. The average Bonchev–Trinajstić information content (AvgIpc) is 2.32. The van der Waals surface area contributed by atoms with Gasteiger partial charge in [0.2, 0.25) is 0 Å². The molecule has 7 heteroatoms. The summed E-state index contributed by atoms with van der Waals surface area (Å²) < 4.78 is 0. The van der Waals surface area contributed by atoms with Gasteiger partial charge in [0.1, 0.15) is 0 Å². The smallest absolute Gasteiger partial charge is 0.303 e. The molecular weight excluding hydrogens is 252 g/mol. The molecule has 1 aliphatic heterocycles. The highest BCUT2D eigenvalue weighted by molar-refractivity contribution is 5.95. The number of nitrogens with zero attached hydrogens (tertiary/aromatic N) is 2. The van der Waals surface area contributed by atoms with Crippen molar-refractivity contribution >= 4 is 17.6 Å². The highest BCUT2D eigenvalue weighted by atomic mass is 16.6. The van der Waals surface area contributed by atoms with Gasteiger partial charge in [-0.1, -0.05) is 6.07 Å².